The Bertz CT molecular complexity index is 528. The Kier molecular flexibility index (Phi) is 4.49. The molecule has 1 saturated heterocycles. The van der Waals surface area contributed by atoms with E-state index in [1.54, 1.807) is 0 Å². The summed E-state index contributed by atoms with van der Waals surface area (Å²) >= 11 is 0. The predicted molar refractivity (Wildman–Crippen MR) is 83.1 cm³/mol. The third-order valence-electron chi connectivity index (χ3n) is 4.60. The van der Waals surface area contributed by atoms with E-state index in [1.807, 2.05) is 31.8 Å². The summed E-state index contributed by atoms with van der Waals surface area (Å²) in [4.78, 5) is 14.7. The van der Waals surface area contributed by atoms with Crippen LogP contribution >= 0.6 is 0 Å². The van der Waals surface area contributed by atoms with Gasteiger partial charge in [-0.05, 0) is 26.7 Å². The molecule has 1 saturated carbocycles. The molecule has 6 heteroatoms. The Morgan fingerprint density at radius 1 is 1.50 bits per heavy atom. The molecule has 3 atom stereocenters. The van der Waals surface area contributed by atoms with E-state index >= 15 is 0 Å². The second-order valence-electron chi connectivity index (χ2n) is 6.80. The van der Waals surface area contributed by atoms with Gasteiger partial charge in [0.2, 0.25) is 5.91 Å². The van der Waals surface area contributed by atoms with Crippen LogP contribution in [0.3, 0.4) is 0 Å². The number of carbonyl (C=O) groups is 1. The molecular weight excluding hydrogens is 280 g/mol. The number of rotatable bonds is 4. The summed E-state index contributed by atoms with van der Waals surface area (Å²) in [6, 6.07) is 0.541. The molecule has 22 heavy (non-hydrogen) atoms. The molecule has 2 heterocycles. The van der Waals surface area contributed by atoms with Gasteiger partial charge in [0, 0.05) is 49.9 Å². The summed E-state index contributed by atoms with van der Waals surface area (Å²) < 4.78 is 7.75. The maximum absolute atomic E-state index is 12.3. The summed E-state index contributed by atoms with van der Waals surface area (Å²) in [6.45, 7) is 6.57. The van der Waals surface area contributed by atoms with E-state index < -0.39 is 0 Å². The number of aromatic nitrogens is 2. The lowest BCUT2D eigenvalue weighted by Crippen LogP contribution is -2.47. The molecule has 1 aromatic rings. The number of fused-ring (bicyclic) bond motifs is 1. The fraction of sp³-hybridized carbons (Fsp3) is 0.750. The van der Waals surface area contributed by atoms with Crippen LogP contribution in [-0.2, 0) is 23.1 Å². The molecule has 6 nitrogen and oxygen atoms in total. The predicted octanol–water partition coefficient (Wildman–Crippen LogP) is 0.924. The molecule has 0 unspecified atom stereocenters. The van der Waals surface area contributed by atoms with Crippen molar-refractivity contribution in [3.05, 3.63) is 18.0 Å². The zero-order valence-corrected chi connectivity index (χ0v) is 13.7. The number of ether oxygens (including phenoxy) is 1. The van der Waals surface area contributed by atoms with E-state index in [0.717, 1.165) is 32.5 Å². The van der Waals surface area contributed by atoms with Gasteiger partial charge in [0.1, 0.15) is 0 Å². The highest BCUT2D eigenvalue weighted by atomic mass is 16.5. The van der Waals surface area contributed by atoms with E-state index in [-0.39, 0.29) is 24.0 Å². The molecule has 0 spiro atoms. The molecule has 0 radical (unpaired) electrons. The minimum atomic E-state index is 0.0758. The van der Waals surface area contributed by atoms with Gasteiger partial charge in [-0.15, -0.1) is 0 Å². The van der Waals surface area contributed by atoms with Crippen molar-refractivity contribution in [2.45, 2.75) is 51.4 Å². The van der Waals surface area contributed by atoms with Gasteiger partial charge in [-0.2, -0.15) is 5.10 Å². The standard InChI is InChI=1S/C16H26N4O2/c1-11(2)18-16(21)13-6-14-15(7-13)22-5-4-20(14)10-12-8-17-19(3)9-12/h8-9,11,13-15H,4-7,10H2,1-3H3,(H,18,21)/t13-,14+,15+/m0/s1. The molecule has 1 amide bonds. The fourth-order valence-corrected chi connectivity index (χ4v) is 3.63. The lowest BCUT2D eigenvalue weighted by molar-refractivity contribution is -0.125. The third-order valence-corrected chi connectivity index (χ3v) is 4.60. The van der Waals surface area contributed by atoms with Crippen LogP contribution in [0.2, 0.25) is 0 Å². The van der Waals surface area contributed by atoms with Gasteiger partial charge < -0.3 is 10.1 Å². The minimum Gasteiger partial charge on any atom is -0.375 e. The average Bonchev–Trinajstić information content (AvgIpc) is 3.05. The van der Waals surface area contributed by atoms with Crippen molar-refractivity contribution in [1.82, 2.24) is 20.0 Å². The number of morpholine rings is 1. The van der Waals surface area contributed by atoms with Crippen molar-refractivity contribution in [1.29, 1.82) is 0 Å². The number of nitrogens with one attached hydrogen (secondary N) is 1. The summed E-state index contributed by atoms with van der Waals surface area (Å²) in [5.41, 5.74) is 1.22. The first-order valence-corrected chi connectivity index (χ1v) is 8.16. The third kappa shape index (κ3) is 3.33. The number of hydrogen-bond donors (Lipinski definition) is 1. The summed E-state index contributed by atoms with van der Waals surface area (Å²) in [7, 11) is 1.94. The van der Waals surface area contributed by atoms with Crippen molar-refractivity contribution < 1.29 is 9.53 Å². The largest absolute Gasteiger partial charge is 0.375 e. The van der Waals surface area contributed by atoms with Gasteiger partial charge in [0.15, 0.2) is 0 Å². The van der Waals surface area contributed by atoms with Crippen LogP contribution in [0.25, 0.3) is 0 Å². The lowest BCUT2D eigenvalue weighted by atomic mass is 10.1. The van der Waals surface area contributed by atoms with Gasteiger partial charge in [-0.1, -0.05) is 0 Å². The molecular formula is C16H26N4O2. The second kappa shape index (κ2) is 6.38. The first-order valence-electron chi connectivity index (χ1n) is 8.16. The lowest BCUT2D eigenvalue weighted by Gasteiger charge is -2.37. The average molecular weight is 306 g/mol. The van der Waals surface area contributed by atoms with E-state index in [0.29, 0.717) is 6.04 Å². The fourth-order valence-electron chi connectivity index (χ4n) is 3.63. The number of carbonyl (C=O) groups excluding carboxylic acids is 1. The molecule has 1 aromatic heterocycles. The summed E-state index contributed by atoms with van der Waals surface area (Å²) in [5.74, 6) is 0.251. The second-order valence-corrected chi connectivity index (χ2v) is 6.80. The maximum atomic E-state index is 12.3. The number of aryl methyl sites for hydroxylation is 1. The Morgan fingerprint density at radius 3 is 3.00 bits per heavy atom. The number of hydrogen-bond acceptors (Lipinski definition) is 4. The monoisotopic (exact) mass is 306 g/mol. The molecule has 3 rings (SSSR count). The van der Waals surface area contributed by atoms with Crippen LogP contribution in [0.1, 0.15) is 32.3 Å². The first kappa shape index (κ1) is 15.5. The van der Waals surface area contributed by atoms with E-state index in [1.165, 1.54) is 5.56 Å². The summed E-state index contributed by atoms with van der Waals surface area (Å²) in [5, 5.41) is 7.27. The van der Waals surface area contributed by atoms with Crippen LogP contribution in [0.4, 0.5) is 0 Å². The van der Waals surface area contributed by atoms with E-state index in [2.05, 4.69) is 21.5 Å². The van der Waals surface area contributed by atoms with Gasteiger partial charge in [-0.25, -0.2) is 0 Å². The molecule has 0 bridgehead atoms. The molecule has 122 valence electrons. The van der Waals surface area contributed by atoms with Crippen molar-refractivity contribution in [3.8, 4) is 0 Å². The van der Waals surface area contributed by atoms with Crippen LogP contribution < -0.4 is 5.32 Å². The van der Waals surface area contributed by atoms with Crippen LogP contribution in [0, 0.1) is 5.92 Å². The van der Waals surface area contributed by atoms with Crippen molar-refractivity contribution in [3.63, 3.8) is 0 Å². The van der Waals surface area contributed by atoms with Crippen molar-refractivity contribution >= 4 is 5.91 Å². The molecule has 2 fully saturated rings. The highest BCUT2D eigenvalue weighted by molar-refractivity contribution is 5.79. The van der Waals surface area contributed by atoms with Gasteiger partial charge in [0.25, 0.3) is 0 Å². The quantitative estimate of drug-likeness (QED) is 0.899. The smallest absolute Gasteiger partial charge is 0.223 e. The zero-order chi connectivity index (χ0) is 15.7. The first-order chi connectivity index (χ1) is 10.5. The SMILES string of the molecule is CC(C)NC(=O)[C@H]1C[C@@H]2[C@@H](C1)OCCN2Cc1cnn(C)c1. The van der Waals surface area contributed by atoms with Gasteiger partial charge in [0.05, 0.1) is 18.9 Å². The Labute approximate surface area is 131 Å². The zero-order valence-electron chi connectivity index (χ0n) is 13.7. The normalized spacial score (nSPS) is 28.8. The molecule has 0 aromatic carbocycles. The topological polar surface area (TPSA) is 59.4 Å². The van der Waals surface area contributed by atoms with Crippen molar-refractivity contribution in [2.75, 3.05) is 13.2 Å². The van der Waals surface area contributed by atoms with Crippen molar-refractivity contribution in [2.24, 2.45) is 13.0 Å². The number of nitrogens with zero attached hydrogens (tertiary/aromatic N) is 3. The minimum absolute atomic E-state index is 0.0758. The highest BCUT2D eigenvalue weighted by Crippen LogP contribution is 2.35. The molecule has 1 aliphatic heterocycles. The van der Waals surface area contributed by atoms with Crippen LogP contribution in [-0.4, -0.2) is 51.9 Å². The Balaban J connectivity index is 1.64. The summed E-state index contributed by atoms with van der Waals surface area (Å²) in [6.07, 6.45) is 5.90. The Hall–Kier alpha value is -1.40. The molecule has 1 N–H and O–H groups in total. The Morgan fingerprint density at radius 2 is 2.32 bits per heavy atom. The van der Waals surface area contributed by atoms with E-state index in [4.69, 9.17) is 4.74 Å². The maximum Gasteiger partial charge on any atom is 0.223 e. The molecule has 1 aliphatic carbocycles. The van der Waals surface area contributed by atoms with Crippen LogP contribution in [0.5, 0.6) is 0 Å². The van der Waals surface area contributed by atoms with Gasteiger partial charge >= 0.3 is 0 Å². The van der Waals surface area contributed by atoms with Gasteiger partial charge in [-0.3, -0.25) is 14.4 Å². The van der Waals surface area contributed by atoms with Crippen LogP contribution in [0.15, 0.2) is 12.4 Å². The number of amides is 1. The van der Waals surface area contributed by atoms with E-state index in [9.17, 15) is 4.79 Å². The molecule has 2 aliphatic rings. The highest BCUT2D eigenvalue weighted by Gasteiger charge is 2.43.